The number of Topliss-reactive ketones (excluding diaryl/α,β-unsaturated/α-hetero) is 1. The molecule has 0 amide bonds. The van der Waals surface area contributed by atoms with Crippen LogP contribution in [0.1, 0.15) is 28.4 Å². The summed E-state index contributed by atoms with van der Waals surface area (Å²) in [6.07, 6.45) is 3.67. The van der Waals surface area contributed by atoms with E-state index in [0.29, 0.717) is 12.1 Å². The lowest BCUT2D eigenvalue weighted by atomic mass is 10.1. The normalized spacial score (nSPS) is 10.5. The molecule has 88 valence electrons. The van der Waals surface area contributed by atoms with Crippen molar-refractivity contribution in [3.63, 3.8) is 0 Å². The van der Waals surface area contributed by atoms with Crippen LogP contribution in [0.5, 0.6) is 0 Å². The molecule has 1 aromatic carbocycles. The molecule has 0 spiro atoms. The number of aromatic nitrogens is 1. The Labute approximate surface area is 99.7 Å². The van der Waals surface area contributed by atoms with Crippen molar-refractivity contribution in [2.24, 2.45) is 0 Å². The van der Waals surface area contributed by atoms with Gasteiger partial charge in [0.25, 0.3) is 0 Å². The van der Waals surface area contributed by atoms with Gasteiger partial charge in [0.05, 0.1) is 0 Å². The number of rotatable bonds is 3. The number of nitrogens with zero attached hydrogens (tertiary/aromatic N) is 1. The second kappa shape index (κ2) is 4.53. The molecule has 0 fully saturated rings. The van der Waals surface area contributed by atoms with E-state index in [2.05, 4.69) is 0 Å². The number of hydrogen-bond acceptors (Lipinski definition) is 1. The SMILES string of the molecule is CC(=O)c1ccn(Cc2ccc(F)cc2C)c1. The summed E-state index contributed by atoms with van der Waals surface area (Å²) < 4.78 is 14.9. The van der Waals surface area contributed by atoms with E-state index in [0.717, 1.165) is 11.1 Å². The monoisotopic (exact) mass is 231 g/mol. The Balaban J connectivity index is 2.22. The average Bonchev–Trinajstić information content (AvgIpc) is 2.71. The summed E-state index contributed by atoms with van der Waals surface area (Å²) in [7, 11) is 0. The molecular weight excluding hydrogens is 217 g/mol. The molecule has 0 aliphatic rings. The average molecular weight is 231 g/mol. The van der Waals surface area contributed by atoms with Crippen LogP contribution >= 0.6 is 0 Å². The lowest BCUT2D eigenvalue weighted by molar-refractivity contribution is 0.101. The topological polar surface area (TPSA) is 22.0 Å². The summed E-state index contributed by atoms with van der Waals surface area (Å²) >= 11 is 0. The number of carbonyl (C=O) groups is 1. The highest BCUT2D eigenvalue weighted by molar-refractivity contribution is 5.93. The number of benzene rings is 1. The van der Waals surface area contributed by atoms with Gasteiger partial charge >= 0.3 is 0 Å². The zero-order valence-corrected chi connectivity index (χ0v) is 9.90. The van der Waals surface area contributed by atoms with E-state index in [-0.39, 0.29) is 11.6 Å². The summed E-state index contributed by atoms with van der Waals surface area (Å²) in [4.78, 5) is 11.2. The van der Waals surface area contributed by atoms with Gasteiger partial charge in [-0.15, -0.1) is 0 Å². The quantitative estimate of drug-likeness (QED) is 0.743. The highest BCUT2D eigenvalue weighted by atomic mass is 19.1. The Bertz CT molecular complexity index is 557. The van der Waals surface area contributed by atoms with E-state index in [9.17, 15) is 9.18 Å². The van der Waals surface area contributed by atoms with Crippen LogP contribution in [0, 0.1) is 12.7 Å². The summed E-state index contributed by atoms with van der Waals surface area (Å²) in [6, 6.07) is 6.54. The number of aryl methyl sites for hydroxylation is 1. The Morgan fingerprint density at radius 1 is 1.35 bits per heavy atom. The fraction of sp³-hybridized carbons (Fsp3) is 0.214. The molecule has 0 saturated carbocycles. The lowest BCUT2D eigenvalue weighted by Gasteiger charge is -2.06. The number of ketones is 1. The summed E-state index contributed by atoms with van der Waals surface area (Å²) in [5, 5.41) is 0. The third-order valence-corrected chi connectivity index (χ3v) is 2.81. The van der Waals surface area contributed by atoms with Crippen molar-refractivity contribution in [2.45, 2.75) is 20.4 Å². The third-order valence-electron chi connectivity index (χ3n) is 2.81. The van der Waals surface area contributed by atoms with Crippen LogP contribution < -0.4 is 0 Å². The van der Waals surface area contributed by atoms with Crippen molar-refractivity contribution >= 4 is 5.78 Å². The van der Waals surface area contributed by atoms with Crippen molar-refractivity contribution in [1.29, 1.82) is 0 Å². The molecular formula is C14H14FNO. The second-order valence-electron chi connectivity index (χ2n) is 4.20. The first-order valence-electron chi connectivity index (χ1n) is 5.48. The van der Waals surface area contributed by atoms with E-state index in [1.807, 2.05) is 23.9 Å². The summed E-state index contributed by atoms with van der Waals surface area (Å²) in [5.41, 5.74) is 2.67. The summed E-state index contributed by atoms with van der Waals surface area (Å²) in [5.74, 6) is -0.164. The largest absolute Gasteiger partial charge is 0.349 e. The van der Waals surface area contributed by atoms with Crippen LogP contribution in [0.2, 0.25) is 0 Å². The molecule has 1 aromatic heterocycles. The molecule has 3 heteroatoms. The van der Waals surface area contributed by atoms with Gasteiger partial charge in [0.1, 0.15) is 5.82 Å². The fourth-order valence-electron chi connectivity index (χ4n) is 1.78. The number of halogens is 1. The van der Waals surface area contributed by atoms with E-state index in [1.165, 1.54) is 12.1 Å². The first-order chi connectivity index (χ1) is 8.06. The van der Waals surface area contributed by atoms with Crippen LogP contribution in [-0.2, 0) is 6.54 Å². The predicted molar refractivity (Wildman–Crippen MR) is 64.7 cm³/mol. The minimum atomic E-state index is -0.219. The first-order valence-corrected chi connectivity index (χ1v) is 5.48. The Kier molecular flexibility index (Phi) is 3.09. The maximum absolute atomic E-state index is 12.9. The van der Waals surface area contributed by atoms with E-state index >= 15 is 0 Å². The molecule has 0 aliphatic carbocycles. The minimum Gasteiger partial charge on any atom is -0.349 e. The molecule has 0 N–H and O–H groups in total. The standard InChI is InChI=1S/C14H14FNO/c1-10-7-14(15)4-3-12(10)8-16-6-5-13(9-16)11(2)17/h3-7,9H,8H2,1-2H3. The van der Waals surface area contributed by atoms with Gasteiger partial charge in [0, 0.05) is 24.5 Å². The van der Waals surface area contributed by atoms with E-state index in [1.54, 1.807) is 19.1 Å². The van der Waals surface area contributed by atoms with E-state index in [4.69, 9.17) is 0 Å². The fourth-order valence-corrected chi connectivity index (χ4v) is 1.78. The van der Waals surface area contributed by atoms with Gasteiger partial charge in [-0.05, 0) is 43.2 Å². The molecule has 2 rings (SSSR count). The maximum atomic E-state index is 12.9. The zero-order valence-electron chi connectivity index (χ0n) is 9.90. The molecule has 0 atom stereocenters. The van der Waals surface area contributed by atoms with Crippen LogP contribution in [0.15, 0.2) is 36.7 Å². The van der Waals surface area contributed by atoms with E-state index < -0.39 is 0 Å². The minimum absolute atomic E-state index is 0.0552. The Morgan fingerprint density at radius 2 is 2.12 bits per heavy atom. The lowest BCUT2D eigenvalue weighted by Crippen LogP contribution is -1.99. The maximum Gasteiger partial charge on any atom is 0.161 e. The molecule has 2 aromatic rings. The molecule has 0 aliphatic heterocycles. The van der Waals surface area contributed by atoms with Gasteiger partial charge in [-0.1, -0.05) is 6.07 Å². The van der Waals surface area contributed by atoms with Gasteiger partial charge in [-0.3, -0.25) is 4.79 Å². The van der Waals surface area contributed by atoms with Crippen LogP contribution in [0.4, 0.5) is 4.39 Å². The molecule has 0 saturated heterocycles. The molecule has 1 heterocycles. The van der Waals surface area contributed by atoms with Crippen molar-refractivity contribution < 1.29 is 9.18 Å². The molecule has 17 heavy (non-hydrogen) atoms. The van der Waals surface area contributed by atoms with Crippen molar-refractivity contribution in [1.82, 2.24) is 4.57 Å². The van der Waals surface area contributed by atoms with Crippen LogP contribution in [0.25, 0.3) is 0 Å². The molecule has 2 nitrogen and oxygen atoms in total. The van der Waals surface area contributed by atoms with Gasteiger partial charge in [-0.25, -0.2) is 4.39 Å². The second-order valence-corrected chi connectivity index (χ2v) is 4.20. The Morgan fingerprint density at radius 3 is 2.71 bits per heavy atom. The first kappa shape index (κ1) is 11.6. The molecule has 0 radical (unpaired) electrons. The molecule has 0 unspecified atom stereocenters. The van der Waals surface area contributed by atoms with Gasteiger partial charge < -0.3 is 4.57 Å². The van der Waals surface area contributed by atoms with Crippen molar-refractivity contribution in [3.8, 4) is 0 Å². The van der Waals surface area contributed by atoms with Crippen molar-refractivity contribution in [2.75, 3.05) is 0 Å². The molecule has 0 bridgehead atoms. The number of hydrogen-bond donors (Lipinski definition) is 0. The Hall–Kier alpha value is -1.90. The third kappa shape index (κ3) is 2.61. The highest BCUT2D eigenvalue weighted by Gasteiger charge is 2.04. The number of carbonyl (C=O) groups excluding carboxylic acids is 1. The van der Waals surface area contributed by atoms with Crippen molar-refractivity contribution in [3.05, 3.63) is 59.2 Å². The van der Waals surface area contributed by atoms with Crippen LogP contribution in [-0.4, -0.2) is 10.4 Å². The van der Waals surface area contributed by atoms with Gasteiger partial charge in [-0.2, -0.15) is 0 Å². The van der Waals surface area contributed by atoms with Crippen LogP contribution in [0.3, 0.4) is 0 Å². The van der Waals surface area contributed by atoms with Gasteiger partial charge in [0.2, 0.25) is 0 Å². The predicted octanol–water partition coefficient (Wildman–Crippen LogP) is 3.19. The van der Waals surface area contributed by atoms with Gasteiger partial charge in [0.15, 0.2) is 5.78 Å². The highest BCUT2D eigenvalue weighted by Crippen LogP contribution is 2.13. The smallest absolute Gasteiger partial charge is 0.161 e. The summed E-state index contributed by atoms with van der Waals surface area (Å²) in [6.45, 7) is 4.08. The zero-order chi connectivity index (χ0) is 12.4.